The first-order valence-electron chi connectivity index (χ1n) is 15.2. The summed E-state index contributed by atoms with van der Waals surface area (Å²) in [5.74, 6) is 0.573. The molecule has 6 aromatic carbocycles. The zero-order valence-corrected chi connectivity index (χ0v) is 35.2. The van der Waals surface area contributed by atoms with E-state index >= 15 is 0 Å². The van der Waals surface area contributed by atoms with Gasteiger partial charge in [-0.15, -0.1) is 87.8 Å². The van der Waals surface area contributed by atoms with Gasteiger partial charge in [0.2, 0.25) is 0 Å². The monoisotopic (exact) mass is 756 g/mol. The van der Waals surface area contributed by atoms with Crippen LogP contribution in [0, 0.1) is 42.5 Å². The summed E-state index contributed by atoms with van der Waals surface area (Å²) in [6, 6.07) is 36.2. The zero-order valence-electron chi connectivity index (χ0n) is 30.1. The molecular formula is C43H52Cl2SiZr-4. The fourth-order valence-electron chi connectivity index (χ4n) is 5.86. The first kappa shape index (κ1) is 44.8. The average molecular weight is 759 g/mol. The molecule has 0 saturated carbocycles. The molecule has 250 valence electrons. The first-order chi connectivity index (χ1) is 20.4. The summed E-state index contributed by atoms with van der Waals surface area (Å²) >= 11 is 1.36. The molecule has 0 atom stereocenters. The van der Waals surface area contributed by atoms with Gasteiger partial charge in [-0.3, -0.25) is 0 Å². The third-order valence-corrected chi connectivity index (χ3v) is 8.30. The molecule has 2 radical (unpaired) electrons. The second kappa shape index (κ2) is 19.1. The molecule has 0 amide bonds. The first-order valence-corrected chi connectivity index (χ1v) is 19.4. The number of aryl methyl sites for hydroxylation is 4. The van der Waals surface area contributed by atoms with E-state index in [1.807, 2.05) is 0 Å². The number of hydrogen-bond donors (Lipinski definition) is 0. The van der Waals surface area contributed by atoms with Crippen LogP contribution in [0.3, 0.4) is 0 Å². The Morgan fingerprint density at radius 2 is 1.21 bits per heavy atom. The summed E-state index contributed by atoms with van der Waals surface area (Å²) in [4.78, 5) is 0. The molecular weight excluding hydrogens is 707 g/mol. The molecule has 0 spiro atoms. The predicted octanol–water partition coefficient (Wildman–Crippen LogP) is 13.5. The van der Waals surface area contributed by atoms with E-state index in [1.165, 1.54) is 101 Å². The maximum absolute atomic E-state index is 3.06. The normalized spacial score (nSPS) is 10.3. The van der Waals surface area contributed by atoms with Crippen molar-refractivity contribution in [2.75, 3.05) is 0 Å². The second-order valence-electron chi connectivity index (χ2n) is 13.2. The summed E-state index contributed by atoms with van der Waals surface area (Å²) in [5.41, 5.74) is 13.7. The average Bonchev–Trinajstić information content (AvgIpc) is 3.58. The number of fused-ring (bicyclic) bond motifs is 2. The summed E-state index contributed by atoms with van der Waals surface area (Å²) in [6.45, 7) is 23.0. The van der Waals surface area contributed by atoms with E-state index in [9.17, 15) is 0 Å². The molecule has 47 heavy (non-hydrogen) atoms. The van der Waals surface area contributed by atoms with Gasteiger partial charge >= 0.3 is 30.2 Å². The van der Waals surface area contributed by atoms with E-state index in [0.29, 0.717) is 5.92 Å². The minimum absolute atomic E-state index is 0. The predicted molar refractivity (Wildman–Crippen MR) is 215 cm³/mol. The van der Waals surface area contributed by atoms with Gasteiger partial charge in [-0.2, -0.15) is 12.1 Å². The zero-order chi connectivity index (χ0) is 31.5. The number of hydrogen-bond acceptors (Lipinski definition) is 0. The van der Waals surface area contributed by atoms with Gasteiger partial charge < -0.3 is 14.9 Å². The number of rotatable bonds is 3. The van der Waals surface area contributed by atoms with Gasteiger partial charge in [0.15, 0.2) is 0 Å². The van der Waals surface area contributed by atoms with Crippen LogP contribution in [0.15, 0.2) is 97.1 Å². The van der Waals surface area contributed by atoms with Crippen LogP contribution < -0.4 is 0 Å². The standard InChI is InChI=1S/C22H25.C19H19.2CH3.2ClH.Si.Zr/c1-15(2)18-13-17-7-6-8-20(21(17)14-18)16-9-11-19(12-10-16)22(3,4)5;1-12-5-6-15(4)17(9-12)19-11-14(3)8-16-7-13(2)10-18(16)19;;;;;;/h6-15H,1-5H3;5-11H,1-4H3;2*1H3;2*1H;;/q4*-1;;;;. The fourth-order valence-corrected chi connectivity index (χ4v) is 5.86. The molecule has 0 unspecified atom stereocenters. The fraction of sp³-hybridized carbons (Fsp3) is 0.256. The molecule has 4 heteroatoms. The van der Waals surface area contributed by atoms with Crippen molar-refractivity contribution < 1.29 is 23.3 Å². The molecule has 0 saturated heterocycles. The quantitative estimate of drug-likeness (QED) is 0.125. The van der Waals surface area contributed by atoms with Gasteiger partial charge in [0, 0.05) is 0 Å². The van der Waals surface area contributed by atoms with Gasteiger partial charge in [-0.1, -0.05) is 118 Å². The summed E-state index contributed by atoms with van der Waals surface area (Å²) in [6.07, 6.45) is 0. The van der Waals surface area contributed by atoms with Gasteiger partial charge in [0.25, 0.3) is 0 Å². The van der Waals surface area contributed by atoms with Crippen LogP contribution >= 0.6 is 24.8 Å². The van der Waals surface area contributed by atoms with Crippen LogP contribution in [0.2, 0.25) is 0 Å². The molecule has 6 rings (SSSR count). The third kappa shape index (κ3) is 10.6. The molecule has 0 aliphatic heterocycles. The van der Waals surface area contributed by atoms with Crippen molar-refractivity contribution in [3.05, 3.63) is 145 Å². The van der Waals surface area contributed by atoms with E-state index in [4.69, 9.17) is 0 Å². The Kier molecular flexibility index (Phi) is 18.2. The molecule has 0 aliphatic rings. The van der Waals surface area contributed by atoms with Crippen molar-refractivity contribution in [3.63, 3.8) is 0 Å². The molecule has 0 nitrogen and oxygen atoms in total. The summed E-state index contributed by atoms with van der Waals surface area (Å²) in [5, 5.41) is 5.45. The Bertz CT molecular complexity index is 1850. The van der Waals surface area contributed by atoms with Gasteiger partial charge in [0.1, 0.15) is 0 Å². The molecule has 6 aromatic rings. The van der Waals surface area contributed by atoms with E-state index in [-0.39, 0.29) is 45.1 Å². The molecule has 0 aliphatic carbocycles. The molecule has 0 bridgehead atoms. The van der Waals surface area contributed by atoms with Gasteiger partial charge in [0.05, 0.1) is 0 Å². The Morgan fingerprint density at radius 3 is 1.81 bits per heavy atom. The van der Waals surface area contributed by atoms with Crippen molar-refractivity contribution in [2.24, 2.45) is 0 Å². The van der Waals surface area contributed by atoms with Crippen LogP contribution in [0.1, 0.15) is 73.9 Å². The molecule has 0 N–H and O–H groups in total. The van der Waals surface area contributed by atoms with Crippen LogP contribution in [0.4, 0.5) is 0 Å². The molecule has 0 heterocycles. The Labute approximate surface area is 315 Å². The minimum atomic E-state index is 0. The van der Waals surface area contributed by atoms with E-state index in [0.717, 1.165) is 0 Å². The van der Waals surface area contributed by atoms with Crippen molar-refractivity contribution in [2.45, 2.75) is 73.6 Å². The van der Waals surface area contributed by atoms with Crippen molar-refractivity contribution >= 4 is 53.2 Å². The number of benzene rings is 4. The number of halogens is 2. The topological polar surface area (TPSA) is 0 Å². The van der Waals surface area contributed by atoms with E-state index < -0.39 is 0 Å². The third-order valence-electron chi connectivity index (χ3n) is 8.30. The Balaban J connectivity index is 0.000000797. The molecule has 0 fully saturated rings. The van der Waals surface area contributed by atoms with Gasteiger partial charge in [-0.25, -0.2) is 0 Å². The van der Waals surface area contributed by atoms with Crippen molar-refractivity contribution in [3.8, 4) is 22.3 Å². The Morgan fingerprint density at radius 1 is 0.617 bits per heavy atom. The summed E-state index contributed by atoms with van der Waals surface area (Å²) in [7, 11) is 0. The summed E-state index contributed by atoms with van der Waals surface area (Å²) < 4.78 is 0. The van der Waals surface area contributed by atoms with Crippen LogP contribution in [-0.2, 0) is 28.8 Å². The SMILES string of the molecule is CC(C)c1cc2c(-c3ccc(C(C)(C)C)cc3)cccc2[cH-]1.Cc1ccc(C)c(-c2cc(C)cc3[cH-]c(C)cc23)c1.Cl.Cl.[CH3-].[CH3-].[Si]=[Zr]. The Hall–Kier alpha value is -2.22. The van der Waals surface area contributed by atoms with Crippen LogP contribution in [0.25, 0.3) is 43.8 Å². The maximum atomic E-state index is 3.06. The molecule has 0 aromatic heterocycles. The van der Waals surface area contributed by atoms with Crippen molar-refractivity contribution in [1.29, 1.82) is 0 Å². The van der Waals surface area contributed by atoms with E-state index in [2.05, 4.69) is 166 Å². The van der Waals surface area contributed by atoms with Gasteiger partial charge in [-0.05, 0) is 54.4 Å². The van der Waals surface area contributed by atoms with E-state index in [1.54, 1.807) is 0 Å². The van der Waals surface area contributed by atoms with Crippen molar-refractivity contribution in [1.82, 2.24) is 0 Å². The second-order valence-corrected chi connectivity index (χ2v) is 13.2. The van der Waals surface area contributed by atoms with Crippen LogP contribution in [-0.4, -0.2) is 6.88 Å². The van der Waals surface area contributed by atoms with Crippen LogP contribution in [0.5, 0.6) is 0 Å².